The highest BCUT2D eigenvalue weighted by atomic mass is 19.1. The van der Waals surface area contributed by atoms with E-state index in [2.05, 4.69) is 40.1 Å². The van der Waals surface area contributed by atoms with Crippen molar-refractivity contribution in [2.45, 2.75) is 45.4 Å². The Morgan fingerprint density at radius 2 is 2.03 bits per heavy atom. The average molecular weight is 438 g/mol. The van der Waals surface area contributed by atoms with Gasteiger partial charge in [-0.1, -0.05) is 18.2 Å². The molecule has 1 aliphatic carbocycles. The number of benzene rings is 1. The summed E-state index contributed by atoms with van der Waals surface area (Å²) in [5, 5.41) is 8.40. The molecule has 1 aliphatic heterocycles. The molecule has 2 aromatic rings. The second-order valence-corrected chi connectivity index (χ2v) is 9.13. The van der Waals surface area contributed by atoms with E-state index in [1.807, 2.05) is 50.0 Å². The number of nitrogens with one attached hydrogen (secondary N) is 3. The van der Waals surface area contributed by atoms with Gasteiger partial charge in [0.25, 0.3) is 0 Å². The molecule has 168 valence electrons. The minimum absolute atomic E-state index is 0.349. The number of rotatable bonds is 5. The Morgan fingerprint density at radius 3 is 2.75 bits per heavy atom. The zero-order valence-electron chi connectivity index (χ0n) is 18.7. The SMILES string of the molecule is CC(C)(C)OC(=O)Nc1ccccc1NC1(C)C=CC2=C1CNN2Cc1cncc(F)c1. The summed E-state index contributed by atoms with van der Waals surface area (Å²) in [5.41, 5.74) is 6.74. The Balaban J connectivity index is 1.51. The van der Waals surface area contributed by atoms with Crippen molar-refractivity contribution in [3.05, 3.63) is 77.5 Å². The molecule has 0 spiro atoms. The smallest absolute Gasteiger partial charge is 0.412 e. The van der Waals surface area contributed by atoms with Crippen LogP contribution >= 0.6 is 0 Å². The lowest BCUT2D eigenvalue weighted by atomic mass is 9.94. The number of hydrogen-bond donors (Lipinski definition) is 3. The lowest BCUT2D eigenvalue weighted by molar-refractivity contribution is 0.0636. The predicted molar refractivity (Wildman–Crippen MR) is 122 cm³/mol. The topological polar surface area (TPSA) is 78.5 Å². The van der Waals surface area contributed by atoms with Gasteiger partial charge in [-0.05, 0) is 63.1 Å². The van der Waals surface area contributed by atoms with Crippen LogP contribution < -0.4 is 16.1 Å². The first-order chi connectivity index (χ1) is 15.1. The van der Waals surface area contributed by atoms with Crippen LogP contribution in [0.2, 0.25) is 0 Å². The summed E-state index contributed by atoms with van der Waals surface area (Å²) < 4.78 is 18.9. The maximum Gasteiger partial charge on any atom is 0.412 e. The second-order valence-electron chi connectivity index (χ2n) is 9.13. The Kier molecular flexibility index (Phi) is 5.64. The maximum absolute atomic E-state index is 13.5. The van der Waals surface area contributed by atoms with E-state index in [-0.39, 0.29) is 5.82 Å². The number of halogens is 1. The third-order valence-corrected chi connectivity index (χ3v) is 5.31. The molecule has 32 heavy (non-hydrogen) atoms. The number of para-hydroxylation sites is 2. The van der Waals surface area contributed by atoms with Crippen molar-refractivity contribution in [2.75, 3.05) is 17.2 Å². The summed E-state index contributed by atoms with van der Waals surface area (Å²) in [6.45, 7) is 8.72. The standard InChI is InChI=1S/C24H28FN5O2/c1-23(2,3)32-22(31)28-19-7-5-6-8-20(19)29-24(4)10-9-21-18(24)14-27-30(21)15-16-11-17(25)13-26-12-16/h5-13,27,29H,14-15H2,1-4H3,(H,28,31). The van der Waals surface area contributed by atoms with Crippen LogP contribution in [-0.2, 0) is 11.3 Å². The number of aromatic nitrogens is 1. The highest BCUT2D eigenvalue weighted by Gasteiger charge is 2.38. The minimum atomic E-state index is -0.581. The van der Waals surface area contributed by atoms with E-state index in [0.717, 1.165) is 22.5 Å². The van der Waals surface area contributed by atoms with Crippen LogP contribution in [0.5, 0.6) is 0 Å². The van der Waals surface area contributed by atoms with Crippen molar-refractivity contribution < 1.29 is 13.9 Å². The average Bonchev–Trinajstić information content (AvgIpc) is 3.24. The molecule has 0 saturated carbocycles. The third kappa shape index (κ3) is 4.75. The van der Waals surface area contributed by atoms with E-state index in [9.17, 15) is 9.18 Å². The van der Waals surface area contributed by atoms with Crippen molar-refractivity contribution >= 4 is 17.5 Å². The first-order valence-electron chi connectivity index (χ1n) is 10.5. The molecule has 8 heteroatoms. The molecular formula is C24H28FN5O2. The van der Waals surface area contributed by atoms with Crippen LogP contribution in [0.4, 0.5) is 20.6 Å². The molecule has 7 nitrogen and oxygen atoms in total. The van der Waals surface area contributed by atoms with Gasteiger partial charge in [-0.15, -0.1) is 0 Å². The third-order valence-electron chi connectivity index (χ3n) is 5.31. The summed E-state index contributed by atoms with van der Waals surface area (Å²) >= 11 is 0. The first kappa shape index (κ1) is 21.8. The molecule has 1 atom stereocenters. The zero-order valence-corrected chi connectivity index (χ0v) is 18.7. The molecule has 0 fully saturated rings. The van der Waals surface area contributed by atoms with Gasteiger partial charge in [0.2, 0.25) is 0 Å². The molecule has 2 heterocycles. The summed E-state index contributed by atoms with van der Waals surface area (Å²) in [6, 6.07) is 9.02. The lowest BCUT2D eigenvalue weighted by Gasteiger charge is -2.29. The molecule has 0 radical (unpaired) electrons. The van der Waals surface area contributed by atoms with Gasteiger partial charge in [-0.3, -0.25) is 10.3 Å². The fraction of sp³-hybridized carbons (Fsp3) is 0.333. The Labute approximate surface area is 187 Å². The first-order valence-corrected chi connectivity index (χ1v) is 10.5. The predicted octanol–water partition coefficient (Wildman–Crippen LogP) is 4.58. The lowest BCUT2D eigenvalue weighted by Crippen LogP contribution is -2.37. The summed E-state index contributed by atoms with van der Waals surface area (Å²) in [5.74, 6) is -0.349. The largest absolute Gasteiger partial charge is 0.444 e. The van der Waals surface area contributed by atoms with Gasteiger partial charge in [0.05, 0.1) is 35.4 Å². The summed E-state index contributed by atoms with van der Waals surface area (Å²) in [4.78, 5) is 16.2. The molecule has 1 amide bonds. The van der Waals surface area contributed by atoms with Gasteiger partial charge >= 0.3 is 6.09 Å². The van der Waals surface area contributed by atoms with E-state index >= 15 is 0 Å². The Bertz CT molecular complexity index is 1090. The highest BCUT2D eigenvalue weighted by Crippen LogP contribution is 2.38. The molecule has 0 saturated heterocycles. The van der Waals surface area contributed by atoms with Gasteiger partial charge in [0.15, 0.2) is 0 Å². The van der Waals surface area contributed by atoms with Crippen LogP contribution in [0.15, 0.2) is 66.1 Å². The quantitative estimate of drug-likeness (QED) is 0.635. The van der Waals surface area contributed by atoms with Gasteiger partial charge in [-0.25, -0.2) is 14.6 Å². The number of nitrogens with zero attached hydrogens (tertiary/aromatic N) is 2. The number of pyridine rings is 1. The van der Waals surface area contributed by atoms with Crippen molar-refractivity contribution in [3.63, 3.8) is 0 Å². The molecule has 0 bridgehead atoms. The van der Waals surface area contributed by atoms with E-state index < -0.39 is 17.2 Å². The summed E-state index contributed by atoms with van der Waals surface area (Å²) in [6.07, 6.45) is 6.51. The van der Waals surface area contributed by atoms with Gasteiger partial charge in [0.1, 0.15) is 11.4 Å². The van der Waals surface area contributed by atoms with Crippen LogP contribution in [0.3, 0.4) is 0 Å². The number of hydrogen-bond acceptors (Lipinski definition) is 6. The fourth-order valence-electron chi connectivity index (χ4n) is 3.88. The van der Waals surface area contributed by atoms with Gasteiger partial charge < -0.3 is 15.1 Å². The molecule has 3 N–H and O–H groups in total. The van der Waals surface area contributed by atoms with Gasteiger partial charge in [0, 0.05) is 12.7 Å². The number of hydrazine groups is 1. The van der Waals surface area contributed by atoms with Crippen molar-refractivity contribution in [1.29, 1.82) is 0 Å². The monoisotopic (exact) mass is 437 g/mol. The highest BCUT2D eigenvalue weighted by molar-refractivity contribution is 5.90. The van der Waals surface area contributed by atoms with Gasteiger partial charge in [-0.2, -0.15) is 0 Å². The Morgan fingerprint density at radius 1 is 1.28 bits per heavy atom. The van der Waals surface area contributed by atoms with Crippen LogP contribution in [0.1, 0.15) is 33.3 Å². The maximum atomic E-state index is 13.5. The summed E-state index contributed by atoms with van der Waals surface area (Å²) in [7, 11) is 0. The molecule has 1 aromatic carbocycles. The van der Waals surface area contributed by atoms with Crippen LogP contribution in [0.25, 0.3) is 0 Å². The fourth-order valence-corrected chi connectivity index (χ4v) is 3.88. The van der Waals surface area contributed by atoms with Crippen LogP contribution in [-0.4, -0.2) is 33.8 Å². The van der Waals surface area contributed by atoms with Crippen molar-refractivity contribution in [3.8, 4) is 0 Å². The number of carbonyl (C=O) groups excluding carboxylic acids is 1. The van der Waals surface area contributed by atoms with E-state index in [1.165, 1.54) is 12.3 Å². The molecule has 1 unspecified atom stereocenters. The second kappa shape index (κ2) is 8.27. The number of anilines is 2. The molecule has 4 rings (SSSR count). The van der Waals surface area contributed by atoms with Crippen molar-refractivity contribution in [1.82, 2.24) is 15.4 Å². The normalized spacial score (nSPS) is 19.8. The van der Waals surface area contributed by atoms with Crippen LogP contribution in [0, 0.1) is 5.82 Å². The van der Waals surface area contributed by atoms with E-state index in [4.69, 9.17) is 4.74 Å². The number of amides is 1. The number of allylic oxidation sites excluding steroid dienone is 1. The molecule has 1 aromatic heterocycles. The molecule has 2 aliphatic rings. The molecular weight excluding hydrogens is 409 g/mol. The number of carbonyl (C=O) groups is 1. The number of ether oxygens (including phenoxy) is 1. The van der Waals surface area contributed by atoms with E-state index in [0.29, 0.717) is 18.8 Å². The minimum Gasteiger partial charge on any atom is -0.444 e. The van der Waals surface area contributed by atoms with Crippen molar-refractivity contribution in [2.24, 2.45) is 0 Å². The van der Waals surface area contributed by atoms with E-state index in [1.54, 1.807) is 6.20 Å². The zero-order chi connectivity index (χ0) is 22.9. The Hall–Kier alpha value is -3.39.